The second-order valence-electron chi connectivity index (χ2n) is 5.20. The summed E-state index contributed by atoms with van der Waals surface area (Å²) < 4.78 is 11.2. The van der Waals surface area contributed by atoms with Gasteiger partial charge in [0.1, 0.15) is 24.1 Å². The topological polar surface area (TPSA) is 59.0 Å². The van der Waals surface area contributed by atoms with E-state index in [9.17, 15) is 4.79 Å². The molecule has 1 aromatic carbocycles. The molecule has 0 saturated carbocycles. The lowest BCUT2D eigenvalue weighted by atomic mass is 10.2. The van der Waals surface area contributed by atoms with E-state index in [0.717, 1.165) is 37.3 Å². The third-order valence-electron chi connectivity index (χ3n) is 3.59. The molecule has 21 heavy (non-hydrogen) atoms. The summed E-state index contributed by atoms with van der Waals surface area (Å²) in [5.74, 6) is 0.893. The fourth-order valence-electron chi connectivity index (χ4n) is 2.51. The highest BCUT2D eigenvalue weighted by molar-refractivity contribution is 5.73. The van der Waals surface area contributed by atoms with Crippen LogP contribution in [0.1, 0.15) is 26.2 Å². The molecule has 116 valence electrons. The van der Waals surface area contributed by atoms with Gasteiger partial charge in [0, 0.05) is 6.54 Å². The van der Waals surface area contributed by atoms with Gasteiger partial charge in [0.05, 0.1) is 6.61 Å². The molecule has 1 fully saturated rings. The van der Waals surface area contributed by atoms with Crippen molar-refractivity contribution in [2.45, 2.75) is 32.2 Å². The molecule has 1 aromatic rings. The molecule has 5 heteroatoms. The van der Waals surface area contributed by atoms with Crippen LogP contribution in [0, 0.1) is 0 Å². The minimum atomic E-state index is -0.732. The van der Waals surface area contributed by atoms with Crippen molar-refractivity contribution >= 4 is 5.97 Å². The smallest absolute Gasteiger partial charge is 0.320 e. The van der Waals surface area contributed by atoms with Crippen molar-refractivity contribution in [2.75, 3.05) is 26.3 Å². The monoisotopic (exact) mass is 293 g/mol. The molecular weight excluding hydrogens is 270 g/mol. The molecule has 5 nitrogen and oxygen atoms in total. The fraction of sp³-hybridized carbons (Fsp3) is 0.562. The van der Waals surface area contributed by atoms with Crippen LogP contribution in [0.15, 0.2) is 24.3 Å². The number of likely N-dealkylation sites (tertiary alicyclic amines) is 1. The van der Waals surface area contributed by atoms with Crippen molar-refractivity contribution < 1.29 is 19.4 Å². The van der Waals surface area contributed by atoms with Gasteiger partial charge in [-0.2, -0.15) is 0 Å². The van der Waals surface area contributed by atoms with Gasteiger partial charge in [-0.25, -0.2) is 0 Å². The van der Waals surface area contributed by atoms with Crippen LogP contribution in [-0.2, 0) is 4.79 Å². The number of carboxylic acids is 1. The molecule has 0 spiro atoms. The van der Waals surface area contributed by atoms with Gasteiger partial charge >= 0.3 is 5.97 Å². The summed E-state index contributed by atoms with van der Waals surface area (Å²) in [4.78, 5) is 13.0. The zero-order chi connectivity index (χ0) is 15.1. The first-order chi connectivity index (χ1) is 10.2. The van der Waals surface area contributed by atoms with Crippen LogP contribution >= 0.6 is 0 Å². The predicted molar refractivity (Wildman–Crippen MR) is 80.0 cm³/mol. The number of carboxylic acid groups (broad SMARTS) is 1. The molecule has 0 amide bonds. The number of nitrogens with zero attached hydrogens (tertiary/aromatic N) is 1. The third-order valence-corrected chi connectivity index (χ3v) is 3.59. The highest BCUT2D eigenvalue weighted by Crippen LogP contribution is 2.19. The predicted octanol–water partition coefficient (Wildman–Crippen LogP) is 2.40. The molecule has 1 aliphatic heterocycles. The Balaban J connectivity index is 1.74. The number of ether oxygens (including phenoxy) is 2. The molecule has 1 N–H and O–H groups in total. The normalized spacial score (nSPS) is 18.6. The Morgan fingerprint density at radius 3 is 2.43 bits per heavy atom. The lowest BCUT2D eigenvalue weighted by Crippen LogP contribution is -2.38. The lowest BCUT2D eigenvalue weighted by Gasteiger charge is -2.20. The molecule has 0 aromatic heterocycles. The average Bonchev–Trinajstić information content (AvgIpc) is 2.95. The molecule has 0 bridgehead atoms. The van der Waals surface area contributed by atoms with E-state index in [1.165, 1.54) is 0 Å². The van der Waals surface area contributed by atoms with E-state index in [1.54, 1.807) is 0 Å². The van der Waals surface area contributed by atoms with Crippen LogP contribution in [0.25, 0.3) is 0 Å². The minimum absolute atomic E-state index is 0.349. The van der Waals surface area contributed by atoms with E-state index < -0.39 is 5.97 Å². The first kappa shape index (κ1) is 15.6. The first-order valence-corrected chi connectivity index (χ1v) is 7.53. The van der Waals surface area contributed by atoms with E-state index in [4.69, 9.17) is 14.6 Å². The number of rotatable bonds is 8. The standard InChI is InChI=1S/C16H23NO4/c1-2-11-20-13-5-7-14(8-6-13)21-12-10-17-9-3-4-15(17)16(18)19/h5-8,15H,2-4,9-12H2,1H3,(H,18,19). The van der Waals surface area contributed by atoms with Crippen molar-refractivity contribution in [3.63, 3.8) is 0 Å². The largest absolute Gasteiger partial charge is 0.494 e. The average molecular weight is 293 g/mol. The number of aliphatic carboxylic acids is 1. The number of benzene rings is 1. The van der Waals surface area contributed by atoms with E-state index in [1.807, 2.05) is 29.2 Å². The summed E-state index contributed by atoms with van der Waals surface area (Å²) in [7, 11) is 0. The Morgan fingerprint density at radius 1 is 1.24 bits per heavy atom. The molecule has 1 unspecified atom stereocenters. The molecule has 2 rings (SSSR count). The van der Waals surface area contributed by atoms with Gasteiger partial charge in [0.2, 0.25) is 0 Å². The third kappa shape index (κ3) is 4.63. The zero-order valence-electron chi connectivity index (χ0n) is 12.5. The molecule has 1 saturated heterocycles. The number of hydrogen-bond acceptors (Lipinski definition) is 4. The summed E-state index contributed by atoms with van der Waals surface area (Å²) in [6.07, 6.45) is 2.66. The molecule has 1 heterocycles. The molecule has 0 aliphatic carbocycles. The second-order valence-corrected chi connectivity index (χ2v) is 5.20. The Morgan fingerprint density at radius 2 is 1.86 bits per heavy atom. The Kier molecular flexibility index (Phi) is 5.87. The van der Waals surface area contributed by atoms with Crippen molar-refractivity contribution in [1.29, 1.82) is 0 Å². The first-order valence-electron chi connectivity index (χ1n) is 7.53. The molecular formula is C16H23NO4. The SMILES string of the molecule is CCCOc1ccc(OCCN2CCCC2C(=O)O)cc1. The van der Waals surface area contributed by atoms with E-state index in [0.29, 0.717) is 19.8 Å². The summed E-state index contributed by atoms with van der Waals surface area (Å²) in [5.41, 5.74) is 0. The van der Waals surface area contributed by atoms with Crippen molar-refractivity contribution in [1.82, 2.24) is 4.90 Å². The number of hydrogen-bond donors (Lipinski definition) is 1. The van der Waals surface area contributed by atoms with Crippen molar-refractivity contribution in [3.8, 4) is 11.5 Å². The van der Waals surface area contributed by atoms with Crippen LogP contribution in [0.5, 0.6) is 11.5 Å². The highest BCUT2D eigenvalue weighted by Gasteiger charge is 2.29. The highest BCUT2D eigenvalue weighted by atomic mass is 16.5. The lowest BCUT2D eigenvalue weighted by molar-refractivity contribution is -0.142. The summed E-state index contributed by atoms with van der Waals surface area (Å²) in [6.45, 7) is 4.76. The van der Waals surface area contributed by atoms with Gasteiger partial charge in [0.25, 0.3) is 0 Å². The van der Waals surface area contributed by atoms with E-state index in [2.05, 4.69) is 6.92 Å². The fourth-order valence-corrected chi connectivity index (χ4v) is 2.51. The summed E-state index contributed by atoms with van der Waals surface area (Å²) in [6, 6.07) is 7.19. The maximum absolute atomic E-state index is 11.1. The van der Waals surface area contributed by atoms with Crippen molar-refractivity contribution in [3.05, 3.63) is 24.3 Å². The Bertz CT molecular complexity index is 446. The molecule has 1 aliphatic rings. The van der Waals surface area contributed by atoms with Gasteiger partial charge in [-0.05, 0) is 50.1 Å². The summed E-state index contributed by atoms with van der Waals surface area (Å²) >= 11 is 0. The van der Waals surface area contributed by atoms with Gasteiger partial charge in [-0.15, -0.1) is 0 Å². The van der Waals surface area contributed by atoms with Crippen LogP contribution < -0.4 is 9.47 Å². The zero-order valence-corrected chi connectivity index (χ0v) is 12.5. The van der Waals surface area contributed by atoms with Gasteiger partial charge in [0.15, 0.2) is 0 Å². The second kappa shape index (κ2) is 7.88. The van der Waals surface area contributed by atoms with E-state index >= 15 is 0 Å². The maximum atomic E-state index is 11.1. The number of carbonyl (C=O) groups is 1. The summed E-state index contributed by atoms with van der Waals surface area (Å²) in [5, 5.41) is 9.11. The van der Waals surface area contributed by atoms with Crippen LogP contribution in [-0.4, -0.2) is 48.3 Å². The molecule has 0 radical (unpaired) electrons. The van der Waals surface area contributed by atoms with E-state index in [-0.39, 0.29) is 6.04 Å². The van der Waals surface area contributed by atoms with Crippen LogP contribution in [0.4, 0.5) is 0 Å². The quantitative estimate of drug-likeness (QED) is 0.797. The molecule has 1 atom stereocenters. The van der Waals surface area contributed by atoms with Gasteiger partial charge in [-0.1, -0.05) is 6.92 Å². The van der Waals surface area contributed by atoms with Crippen molar-refractivity contribution in [2.24, 2.45) is 0 Å². The van der Waals surface area contributed by atoms with Gasteiger partial charge in [-0.3, -0.25) is 9.69 Å². The maximum Gasteiger partial charge on any atom is 0.320 e. The minimum Gasteiger partial charge on any atom is -0.494 e. The van der Waals surface area contributed by atoms with Crippen LogP contribution in [0.3, 0.4) is 0 Å². The Labute approximate surface area is 125 Å². The van der Waals surface area contributed by atoms with Crippen LogP contribution in [0.2, 0.25) is 0 Å². The Hall–Kier alpha value is -1.75. The van der Waals surface area contributed by atoms with Gasteiger partial charge < -0.3 is 14.6 Å².